The van der Waals surface area contributed by atoms with E-state index < -0.39 is 0 Å². The zero-order valence-corrected chi connectivity index (χ0v) is 15.1. The number of likely N-dealkylation sites (N-methyl/N-ethyl adjacent to an activating group) is 1. The minimum Gasteiger partial charge on any atom is -0.362 e. The van der Waals surface area contributed by atoms with Gasteiger partial charge in [-0.2, -0.15) is 0 Å². The van der Waals surface area contributed by atoms with Crippen LogP contribution in [-0.2, 0) is 4.79 Å². The van der Waals surface area contributed by atoms with Crippen molar-refractivity contribution in [3.8, 4) is 0 Å². The van der Waals surface area contributed by atoms with Crippen LogP contribution in [0.5, 0.6) is 0 Å². The molecule has 1 saturated heterocycles. The molecule has 0 radical (unpaired) electrons. The van der Waals surface area contributed by atoms with Gasteiger partial charge in [-0.05, 0) is 55.5 Å². The molecule has 0 aromatic rings. The first-order valence-corrected chi connectivity index (χ1v) is 8.37. The number of aliphatic imine (C=N–C) groups is 2. The molecule has 1 rings (SSSR count). The number of allylic oxidation sites excluding steroid dienone is 2. The summed E-state index contributed by atoms with van der Waals surface area (Å²) in [6.07, 6.45) is 7.55. The second-order valence-corrected chi connectivity index (χ2v) is 6.96. The van der Waals surface area contributed by atoms with Crippen molar-refractivity contribution < 1.29 is 4.79 Å². The third kappa shape index (κ3) is 6.97. The molecule has 0 unspecified atom stereocenters. The predicted molar refractivity (Wildman–Crippen MR) is 101 cm³/mol. The van der Waals surface area contributed by atoms with E-state index in [4.69, 9.17) is 4.99 Å². The van der Waals surface area contributed by atoms with Crippen LogP contribution in [0.1, 0.15) is 19.8 Å². The summed E-state index contributed by atoms with van der Waals surface area (Å²) in [6, 6.07) is 0.271. The Balaban J connectivity index is 2.85. The summed E-state index contributed by atoms with van der Waals surface area (Å²) in [6.45, 7) is 11.5. The van der Waals surface area contributed by atoms with E-state index in [0.29, 0.717) is 0 Å². The van der Waals surface area contributed by atoms with Gasteiger partial charge in [-0.15, -0.1) is 0 Å². The number of amidine groups is 1. The molecule has 0 bridgehead atoms. The lowest BCUT2D eigenvalue weighted by molar-refractivity contribution is -0.104. The molecule has 5 nitrogen and oxygen atoms in total. The smallest absolute Gasteiger partial charge is 0.142 e. The second-order valence-electron chi connectivity index (χ2n) is 5.56. The maximum absolute atomic E-state index is 10.6. The Hall–Kier alpha value is -1.66. The van der Waals surface area contributed by atoms with E-state index in [0.717, 1.165) is 48.5 Å². The Morgan fingerprint density at radius 1 is 1.35 bits per heavy atom. The summed E-state index contributed by atoms with van der Waals surface area (Å²) in [7, 11) is 3.88. The van der Waals surface area contributed by atoms with Gasteiger partial charge in [0, 0.05) is 39.0 Å². The summed E-state index contributed by atoms with van der Waals surface area (Å²) in [5.74, 6) is 0.821. The van der Waals surface area contributed by atoms with Crippen molar-refractivity contribution in [1.82, 2.24) is 9.21 Å². The van der Waals surface area contributed by atoms with Gasteiger partial charge in [0.2, 0.25) is 0 Å². The highest BCUT2D eigenvalue weighted by Gasteiger charge is 2.20. The Kier molecular flexibility index (Phi) is 8.58. The molecule has 1 fully saturated rings. The lowest BCUT2D eigenvalue weighted by Crippen LogP contribution is -2.33. The van der Waals surface area contributed by atoms with Crippen LogP contribution in [0.15, 0.2) is 45.4 Å². The van der Waals surface area contributed by atoms with Crippen LogP contribution in [0, 0.1) is 0 Å². The first kappa shape index (κ1) is 19.4. The van der Waals surface area contributed by atoms with Crippen molar-refractivity contribution >= 4 is 30.8 Å². The van der Waals surface area contributed by atoms with E-state index in [9.17, 15) is 4.79 Å². The van der Waals surface area contributed by atoms with E-state index in [1.165, 1.54) is 6.08 Å². The summed E-state index contributed by atoms with van der Waals surface area (Å²) in [5, 5.41) is 0. The molecule has 0 amide bonds. The van der Waals surface area contributed by atoms with E-state index in [1.807, 2.05) is 25.9 Å². The molecule has 0 spiro atoms. The molecule has 1 aliphatic heterocycles. The zero-order valence-electron chi connectivity index (χ0n) is 14.2. The standard InChI is InChI=1S/C17H26N4OS/c1-14(2)23-21-10-8-16(9-11-21)19-17(20(4)5)15(13-18-3)7-6-12-22/h6-7,12-13,16H,1,3,8-11H2,2,4-5H3/b7-6-,15-13-,19-17+. The van der Waals surface area contributed by atoms with Crippen LogP contribution >= 0.6 is 11.9 Å². The highest BCUT2D eigenvalue weighted by Crippen LogP contribution is 2.25. The van der Waals surface area contributed by atoms with Gasteiger partial charge in [-0.3, -0.25) is 14.8 Å². The fourth-order valence-corrected chi connectivity index (χ4v) is 3.15. The minimum atomic E-state index is 0.271. The van der Waals surface area contributed by atoms with Gasteiger partial charge in [0.05, 0.1) is 6.04 Å². The number of nitrogens with zero attached hydrogens (tertiary/aromatic N) is 4. The van der Waals surface area contributed by atoms with Crippen molar-refractivity contribution in [1.29, 1.82) is 0 Å². The predicted octanol–water partition coefficient (Wildman–Crippen LogP) is 2.93. The number of carbonyl (C=O) groups excluding carboxylic acids is 1. The van der Waals surface area contributed by atoms with E-state index in [2.05, 4.69) is 22.6 Å². The van der Waals surface area contributed by atoms with E-state index in [-0.39, 0.29) is 6.04 Å². The van der Waals surface area contributed by atoms with Crippen LogP contribution in [0.2, 0.25) is 0 Å². The lowest BCUT2D eigenvalue weighted by atomic mass is 10.1. The largest absolute Gasteiger partial charge is 0.362 e. The summed E-state index contributed by atoms with van der Waals surface area (Å²) < 4.78 is 2.33. The summed E-state index contributed by atoms with van der Waals surface area (Å²) in [4.78, 5) is 22.4. The van der Waals surface area contributed by atoms with Crippen LogP contribution in [0.4, 0.5) is 0 Å². The average Bonchev–Trinajstić information content (AvgIpc) is 2.50. The topological polar surface area (TPSA) is 48.3 Å². The van der Waals surface area contributed by atoms with Gasteiger partial charge < -0.3 is 4.90 Å². The number of aldehydes is 1. The number of hydrogen-bond acceptors (Lipinski definition) is 5. The monoisotopic (exact) mass is 334 g/mol. The first-order valence-electron chi connectivity index (χ1n) is 7.59. The van der Waals surface area contributed by atoms with Crippen molar-refractivity contribution in [2.75, 3.05) is 27.2 Å². The highest BCUT2D eigenvalue weighted by molar-refractivity contribution is 8.00. The van der Waals surface area contributed by atoms with E-state index in [1.54, 1.807) is 24.2 Å². The van der Waals surface area contributed by atoms with Crippen molar-refractivity contribution in [2.45, 2.75) is 25.8 Å². The second kappa shape index (κ2) is 10.2. The zero-order chi connectivity index (χ0) is 17.2. The maximum atomic E-state index is 10.6. The highest BCUT2D eigenvalue weighted by atomic mass is 32.2. The van der Waals surface area contributed by atoms with Gasteiger partial charge in [-0.25, -0.2) is 4.31 Å². The van der Waals surface area contributed by atoms with Crippen LogP contribution in [0.25, 0.3) is 0 Å². The fourth-order valence-electron chi connectivity index (χ4n) is 2.32. The SMILES string of the molecule is C=N/C=C(/C=C\C=O)C(=N/C1CCN(SC(=C)C)CC1)\N(C)C. The quantitative estimate of drug-likeness (QED) is 0.179. The molecule has 23 heavy (non-hydrogen) atoms. The Morgan fingerprint density at radius 2 is 2.00 bits per heavy atom. The van der Waals surface area contributed by atoms with Crippen molar-refractivity contribution in [3.63, 3.8) is 0 Å². The molecule has 0 saturated carbocycles. The number of piperidine rings is 1. The van der Waals surface area contributed by atoms with Gasteiger partial charge in [0.1, 0.15) is 12.1 Å². The third-order valence-electron chi connectivity index (χ3n) is 3.28. The van der Waals surface area contributed by atoms with Crippen LogP contribution in [0.3, 0.4) is 0 Å². The molecular weight excluding hydrogens is 308 g/mol. The molecule has 0 aromatic heterocycles. The minimum absolute atomic E-state index is 0.271. The van der Waals surface area contributed by atoms with Gasteiger partial charge in [-0.1, -0.05) is 6.58 Å². The molecule has 126 valence electrons. The molecule has 1 heterocycles. The third-order valence-corrected chi connectivity index (χ3v) is 4.21. The summed E-state index contributed by atoms with van der Waals surface area (Å²) in [5.41, 5.74) is 0.788. The Morgan fingerprint density at radius 3 is 2.48 bits per heavy atom. The van der Waals surface area contributed by atoms with Gasteiger partial charge in [0.25, 0.3) is 0 Å². The van der Waals surface area contributed by atoms with Gasteiger partial charge in [0.15, 0.2) is 0 Å². The first-order chi connectivity index (χ1) is 11.0. The van der Waals surface area contributed by atoms with Crippen molar-refractivity contribution in [2.24, 2.45) is 9.98 Å². The van der Waals surface area contributed by atoms with Gasteiger partial charge >= 0.3 is 0 Å². The van der Waals surface area contributed by atoms with Crippen molar-refractivity contribution in [3.05, 3.63) is 35.4 Å². The molecular formula is C17H26N4OS. The average molecular weight is 334 g/mol. The normalized spacial score (nSPS) is 18.2. The van der Waals surface area contributed by atoms with Crippen LogP contribution < -0.4 is 0 Å². The molecule has 6 heteroatoms. The molecule has 0 aliphatic carbocycles. The number of rotatable bonds is 7. The van der Waals surface area contributed by atoms with Crippen LogP contribution in [-0.4, -0.2) is 61.3 Å². The number of carbonyl (C=O) groups is 1. The number of hydrogen-bond donors (Lipinski definition) is 0. The summed E-state index contributed by atoms with van der Waals surface area (Å²) >= 11 is 1.72. The maximum Gasteiger partial charge on any atom is 0.142 e. The Labute approximate surface area is 143 Å². The molecule has 0 atom stereocenters. The lowest BCUT2D eigenvalue weighted by Gasteiger charge is -2.30. The molecule has 0 aromatic carbocycles. The Bertz CT molecular complexity index is 515. The fraction of sp³-hybridized carbons (Fsp3) is 0.471. The van der Waals surface area contributed by atoms with E-state index >= 15 is 0 Å². The molecule has 0 N–H and O–H groups in total. The molecule has 1 aliphatic rings.